The molecule has 2 nitrogen and oxygen atoms in total. The highest BCUT2D eigenvalue weighted by Crippen LogP contribution is 2.41. The van der Waals surface area contributed by atoms with Gasteiger partial charge in [0.1, 0.15) is 11.2 Å². The van der Waals surface area contributed by atoms with E-state index in [4.69, 9.17) is 9.15 Å². The van der Waals surface area contributed by atoms with Crippen LogP contribution in [0.5, 0.6) is 0 Å². The molecule has 7 aromatic carbocycles. The summed E-state index contributed by atoms with van der Waals surface area (Å²) in [6, 6.07) is 56.5. The van der Waals surface area contributed by atoms with E-state index in [1.807, 2.05) is 12.1 Å². The molecule has 1 aromatic heterocycles. The van der Waals surface area contributed by atoms with Crippen LogP contribution in [-0.2, 0) is 18.0 Å². The Morgan fingerprint density at radius 2 is 0.978 bits per heavy atom. The standard InChI is InChI=1S/C44H30O2/c1-3-10-29(11-4-1)34-23-35(30-12-5-2-6-13-30)25-36(24-34)31-18-19-33-27-45-28-37-22-32(20-21-38(37)42(33)26-31)39-15-9-16-41-40-14-7-8-17-43(40)46-44(39)41/h1-26H,27-28H2. The first-order valence-corrected chi connectivity index (χ1v) is 15.8. The summed E-state index contributed by atoms with van der Waals surface area (Å²) in [6.07, 6.45) is 0. The number of para-hydroxylation sites is 2. The van der Waals surface area contributed by atoms with Crippen LogP contribution in [0.1, 0.15) is 11.1 Å². The highest BCUT2D eigenvalue weighted by molar-refractivity contribution is 6.09. The van der Waals surface area contributed by atoms with E-state index in [0.29, 0.717) is 13.2 Å². The molecule has 8 aromatic rings. The van der Waals surface area contributed by atoms with Crippen molar-refractivity contribution in [2.45, 2.75) is 13.2 Å². The van der Waals surface area contributed by atoms with Gasteiger partial charge in [-0.1, -0.05) is 121 Å². The summed E-state index contributed by atoms with van der Waals surface area (Å²) < 4.78 is 12.6. The fraction of sp³-hybridized carbons (Fsp3) is 0.0455. The SMILES string of the molecule is c1ccc(-c2cc(-c3ccccc3)cc(-c3ccc4c(c3)-c3ccc(-c5cccc6c5oc5ccccc56)cc3COC4)c2)cc1. The van der Waals surface area contributed by atoms with Crippen molar-refractivity contribution >= 4 is 21.9 Å². The second-order valence-corrected chi connectivity index (χ2v) is 12.0. The molecule has 0 saturated carbocycles. The number of furan rings is 1. The van der Waals surface area contributed by atoms with Crippen molar-refractivity contribution in [3.8, 4) is 55.6 Å². The van der Waals surface area contributed by atoms with E-state index in [1.165, 1.54) is 55.6 Å². The third-order valence-electron chi connectivity index (χ3n) is 9.22. The second-order valence-electron chi connectivity index (χ2n) is 12.0. The molecule has 1 aliphatic rings. The molecule has 0 unspecified atom stereocenters. The van der Waals surface area contributed by atoms with Gasteiger partial charge in [-0.3, -0.25) is 0 Å². The molecule has 9 rings (SSSR count). The summed E-state index contributed by atoms with van der Waals surface area (Å²) in [5.74, 6) is 0. The predicted octanol–water partition coefficient (Wildman–Crippen LogP) is 12.0. The Balaban J connectivity index is 1.17. The summed E-state index contributed by atoms with van der Waals surface area (Å²) in [7, 11) is 0. The van der Waals surface area contributed by atoms with Crippen molar-refractivity contribution in [2.24, 2.45) is 0 Å². The monoisotopic (exact) mass is 590 g/mol. The maximum atomic E-state index is 6.38. The average Bonchev–Trinajstić information content (AvgIpc) is 3.41. The first kappa shape index (κ1) is 26.7. The molecule has 0 amide bonds. The molecule has 0 aliphatic carbocycles. The van der Waals surface area contributed by atoms with E-state index >= 15 is 0 Å². The van der Waals surface area contributed by atoms with E-state index in [9.17, 15) is 0 Å². The fourth-order valence-corrected chi connectivity index (χ4v) is 6.91. The topological polar surface area (TPSA) is 22.4 Å². The minimum absolute atomic E-state index is 0.560. The molecule has 2 heteroatoms. The van der Waals surface area contributed by atoms with Gasteiger partial charge >= 0.3 is 0 Å². The Morgan fingerprint density at radius 3 is 1.74 bits per heavy atom. The van der Waals surface area contributed by atoms with Crippen molar-refractivity contribution in [3.05, 3.63) is 169 Å². The van der Waals surface area contributed by atoms with Crippen LogP contribution in [0.2, 0.25) is 0 Å². The van der Waals surface area contributed by atoms with Crippen molar-refractivity contribution in [1.82, 2.24) is 0 Å². The van der Waals surface area contributed by atoms with Crippen molar-refractivity contribution < 1.29 is 9.15 Å². The molecular weight excluding hydrogens is 560 g/mol. The predicted molar refractivity (Wildman–Crippen MR) is 189 cm³/mol. The van der Waals surface area contributed by atoms with Crippen LogP contribution in [0, 0.1) is 0 Å². The fourth-order valence-electron chi connectivity index (χ4n) is 6.91. The van der Waals surface area contributed by atoms with Gasteiger partial charge in [-0.05, 0) is 97.6 Å². The van der Waals surface area contributed by atoms with Crippen LogP contribution >= 0.6 is 0 Å². The Kier molecular flexibility index (Phi) is 6.40. The second kappa shape index (κ2) is 11.0. The molecule has 0 radical (unpaired) electrons. The minimum Gasteiger partial charge on any atom is -0.455 e. The van der Waals surface area contributed by atoms with Crippen molar-refractivity contribution in [2.75, 3.05) is 0 Å². The molecule has 0 N–H and O–H groups in total. The van der Waals surface area contributed by atoms with Crippen LogP contribution < -0.4 is 0 Å². The third-order valence-corrected chi connectivity index (χ3v) is 9.22. The Hall–Kier alpha value is -5.70. The van der Waals surface area contributed by atoms with Crippen LogP contribution in [0.25, 0.3) is 77.6 Å². The number of benzene rings is 7. The lowest BCUT2D eigenvalue weighted by atomic mass is 9.89. The van der Waals surface area contributed by atoms with E-state index in [-0.39, 0.29) is 0 Å². The van der Waals surface area contributed by atoms with Gasteiger partial charge in [-0.2, -0.15) is 0 Å². The van der Waals surface area contributed by atoms with Gasteiger partial charge in [0.15, 0.2) is 0 Å². The zero-order valence-electron chi connectivity index (χ0n) is 25.2. The molecule has 1 aliphatic heterocycles. The molecule has 2 heterocycles. The molecule has 46 heavy (non-hydrogen) atoms. The summed E-state index contributed by atoms with van der Waals surface area (Å²) in [5.41, 5.74) is 16.1. The Labute approximate surface area is 268 Å². The van der Waals surface area contributed by atoms with Gasteiger partial charge in [0.2, 0.25) is 0 Å². The summed E-state index contributed by atoms with van der Waals surface area (Å²) in [4.78, 5) is 0. The maximum Gasteiger partial charge on any atom is 0.143 e. The van der Waals surface area contributed by atoms with Gasteiger partial charge in [0.25, 0.3) is 0 Å². The van der Waals surface area contributed by atoms with Crippen LogP contribution in [0.4, 0.5) is 0 Å². The van der Waals surface area contributed by atoms with Crippen molar-refractivity contribution in [1.29, 1.82) is 0 Å². The molecule has 0 saturated heterocycles. The van der Waals surface area contributed by atoms with Crippen LogP contribution in [-0.4, -0.2) is 0 Å². The Bertz CT molecular complexity index is 2320. The van der Waals surface area contributed by atoms with E-state index < -0.39 is 0 Å². The maximum absolute atomic E-state index is 6.38. The number of ether oxygens (including phenoxy) is 1. The molecule has 218 valence electrons. The first-order valence-electron chi connectivity index (χ1n) is 15.8. The third kappa shape index (κ3) is 4.63. The lowest BCUT2D eigenvalue weighted by molar-refractivity contribution is 0.110. The highest BCUT2D eigenvalue weighted by Gasteiger charge is 2.19. The van der Waals surface area contributed by atoms with Gasteiger partial charge in [0.05, 0.1) is 13.2 Å². The summed E-state index contributed by atoms with van der Waals surface area (Å²) in [6.45, 7) is 1.14. The quantitative estimate of drug-likeness (QED) is 0.203. The van der Waals surface area contributed by atoms with E-state index in [0.717, 1.165) is 33.1 Å². The van der Waals surface area contributed by atoms with Gasteiger partial charge in [0, 0.05) is 16.3 Å². The van der Waals surface area contributed by atoms with Gasteiger partial charge in [-0.25, -0.2) is 0 Å². The van der Waals surface area contributed by atoms with E-state index in [2.05, 4.69) is 146 Å². The highest BCUT2D eigenvalue weighted by atomic mass is 16.5. The van der Waals surface area contributed by atoms with Crippen LogP contribution in [0.3, 0.4) is 0 Å². The lowest BCUT2D eigenvalue weighted by Gasteiger charge is -2.15. The zero-order valence-corrected chi connectivity index (χ0v) is 25.2. The average molecular weight is 591 g/mol. The Morgan fingerprint density at radius 1 is 0.348 bits per heavy atom. The minimum atomic E-state index is 0.560. The summed E-state index contributed by atoms with van der Waals surface area (Å²) in [5, 5.41) is 2.28. The van der Waals surface area contributed by atoms with Gasteiger partial charge < -0.3 is 9.15 Å². The largest absolute Gasteiger partial charge is 0.455 e. The lowest BCUT2D eigenvalue weighted by Crippen LogP contribution is -1.92. The number of hydrogen-bond donors (Lipinski definition) is 0. The normalized spacial score (nSPS) is 12.5. The molecule has 0 spiro atoms. The molecule has 0 fully saturated rings. The molecule has 0 bridgehead atoms. The van der Waals surface area contributed by atoms with Gasteiger partial charge in [-0.15, -0.1) is 0 Å². The first-order chi connectivity index (χ1) is 22.8. The number of hydrogen-bond acceptors (Lipinski definition) is 2. The van der Waals surface area contributed by atoms with Crippen molar-refractivity contribution in [3.63, 3.8) is 0 Å². The van der Waals surface area contributed by atoms with E-state index in [1.54, 1.807) is 0 Å². The number of rotatable bonds is 4. The summed E-state index contributed by atoms with van der Waals surface area (Å²) >= 11 is 0. The zero-order chi connectivity index (χ0) is 30.5. The molecular formula is C44H30O2. The smallest absolute Gasteiger partial charge is 0.143 e. The van der Waals surface area contributed by atoms with Crippen LogP contribution in [0.15, 0.2) is 162 Å². The number of fused-ring (bicyclic) bond motifs is 6. The molecule has 0 atom stereocenters.